The molecule has 154 valence electrons. The molecule has 1 fully saturated rings. The SMILES string of the molecule is Cc1ccc(C(=O)N(C)C(C)C)c(C2CCN(C(=O)Nc3ccccc3)CC2)n1. The highest BCUT2D eigenvalue weighted by atomic mass is 16.2. The van der Waals surface area contributed by atoms with Crippen molar-refractivity contribution in [3.05, 3.63) is 59.4 Å². The Hall–Kier alpha value is -2.89. The molecule has 6 nitrogen and oxygen atoms in total. The Balaban J connectivity index is 1.70. The lowest BCUT2D eigenvalue weighted by Crippen LogP contribution is -2.41. The summed E-state index contributed by atoms with van der Waals surface area (Å²) in [6.07, 6.45) is 1.59. The normalized spacial score (nSPS) is 14.7. The minimum atomic E-state index is -0.0808. The minimum Gasteiger partial charge on any atom is -0.339 e. The van der Waals surface area contributed by atoms with Gasteiger partial charge in [-0.05, 0) is 57.9 Å². The molecule has 0 radical (unpaired) electrons. The minimum absolute atomic E-state index is 0.00625. The Morgan fingerprint density at radius 1 is 1.10 bits per heavy atom. The zero-order valence-corrected chi connectivity index (χ0v) is 17.7. The van der Waals surface area contributed by atoms with Crippen LogP contribution < -0.4 is 5.32 Å². The monoisotopic (exact) mass is 394 g/mol. The van der Waals surface area contributed by atoms with Crippen LogP contribution in [0.25, 0.3) is 0 Å². The highest BCUT2D eigenvalue weighted by Crippen LogP contribution is 2.30. The second-order valence-electron chi connectivity index (χ2n) is 7.95. The number of pyridine rings is 1. The number of hydrogen-bond acceptors (Lipinski definition) is 3. The summed E-state index contributed by atoms with van der Waals surface area (Å²) in [6.45, 7) is 7.25. The van der Waals surface area contributed by atoms with Gasteiger partial charge in [-0.25, -0.2) is 4.79 Å². The molecule has 1 saturated heterocycles. The maximum absolute atomic E-state index is 12.9. The van der Waals surface area contributed by atoms with Crippen LogP contribution >= 0.6 is 0 Å². The number of likely N-dealkylation sites (tertiary alicyclic amines) is 1. The molecule has 1 aromatic carbocycles. The van der Waals surface area contributed by atoms with Crippen LogP contribution in [0.1, 0.15) is 54.4 Å². The molecule has 2 aromatic rings. The van der Waals surface area contributed by atoms with E-state index in [1.165, 1.54) is 0 Å². The number of aryl methyl sites for hydroxylation is 1. The van der Waals surface area contributed by atoms with Crippen LogP contribution in [-0.4, -0.2) is 52.9 Å². The van der Waals surface area contributed by atoms with Gasteiger partial charge >= 0.3 is 6.03 Å². The van der Waals surface area contributed by atoms with Gasteiger partial charge in [0, 0.05) is 43.5 Å². The maximum Gasteiger partial charge on any atom is 0.321 e. The van der Waals surface area contributed by atoms with Crippen LogP contribution in [0.5, 0.6) is 0 Å². The fourth-order valence-corrected chi connectivity index (χ4v) is 3.57. The number of rotatable bonds is 4. The van der Waals surface area contributed by atoms with Crippen molar-refractivity contribution in [3.8, 4) is 0 Å². The lowest BCUT2D eigenvalue weighted by Gasteiger charge is -2.33. The molecule has 2 heterocycles. The van der Waals surface area contributed by atoms with Crippen LogP contribution in [0.2, 0.25) is 0 Å². The Labute approximate surface area is 172 Å². The third-order valence-electron chi connectivity index (χ3n) is 5.58. The van der Waals surface area contributed by atoms with Gasteiger partial charge in [-0.3, -0.25) is 9.78 Å². The molecule has 6 heteroatoms. The van der Waals surface area contributed by atoms with Gasteiger partial charge in [0.2, 0.25) is 0 Å². The molecule has 0 atom stereocenters. The molecule has 0 spiro atoms. The van der Waals surface area contributed by atoms with Gasteiger partial charge in [0.25, 0.3) is 5.91 Å². The van der Waals surface area contributed by atoms with Crippen molar-refractivity contribution < 1.29 is 9.59 Å². The highest BCUT2D eigenvalue weighted by Gasteiger charge is 2.29. The Morgan fingerprint density at radius 2 is 1.76 bits per heavy atom. The van der Waals surface area contributed by atoms with E-state index in [0.717, 1.165) is 29.9 Å². The Bertz CT molecular complexity index is 858. The number of aromatic nitrogens is 1. The third kappa shape index (κ3) is 4.94. The van der Waals surface area contributed by atoms with E-state index in [0.29, 0.717) is 18.7 Å². The first-order chi connectivity index (χ1) is 13.9. The van der Waals surface area contributed by atoms with Crippen molar-refractivity contribution in [1.82, 2.24) is 14.8 Å². The van der Waals surface area contributed by atoms with E-state index in [9.17, 15) is 9.59 Å². The second kappa shape index (κ2) is 9.07. The standard InChI is InChI=1S/C23H30N4O2/c1-16(2)26(4)22(28)20-11-10-17(3)24-21(20)18-12-14-27(15-13-18)23(29)25-19-8-6-5-7-9-19/h5-11,16,18H,12-15H2,1-4H3,(H,25,29). The van der Waals surface area contributed by atoms with E-state index < -0.39 is 0 Å². The van der Waals surface area contributed by atoms with E-state index >= 15 is 0 Å². The predicted octanol–water partition coefficient (Wildman–Crippen LogP) is 4.28. The largest absolute Gasteiger partial charge is 0.339 e. The predicted molar refractivity (Wildman–Crippen MR) is 115 cm³/mol. The second-order valence-corrected chi connectivity index (χ2v) is 7.95. The third-order valence-corrected chi connectivity index (χ3v) is 5.58. The molecule has 1 aromatic heterocycles. The number of carbonyl (C=O) groups is 2. The van der Waals surface area contributed by atoms with Crippen molar-refractivity contribution in [2.24, 2.45) is 0 Å². The number of piperidine rings is 1. The molecule has 1 N–H and O–H groups in total. The molecular weight excluding hydrogens is 364 g/mol. The number of hydrogen-bond donors (Lipinski definition) is 1. The van der Waals surface area contributed by atoms with E-state index in [1.807, 2.05) is 75.2 Å². The van der Waals surface area contributed by atoms with E-state index in [-0.39, 0.29) is 23.9 Å². The summed E-state index contributed by atoms with van der Waals surface area (Å²) in [5.41, 5.74) is 3.25. The number of urea groups is 1. The summed E-state index contributed by atoms with van der Waals surface area (Å²) in [6, 6.07) is 13.3. The lowest BCUT2D eigenvalue weighted by molar-refractivity contribution is 0.0751. The number of nitrogens with one attached hydrogen (secondary N) is 1. The van der Waals surface area contributed by atoms with Crippen LogP contribution in [0, 0.1) is 6.92 Å². The van der Waals surface area contributed by atoms with Gasteiger partial charge in [-0.15, -0.1) is 0 Å². The van der Waals surface area contributed by atoms with Gasteiger partial charge in [0.15, 0.2) is 0 Å². The van der Waals surface area contributed by atoms with E-state index in [4.69, 9.17) is 4.98 Å². The molecule has 0 aliphatic carbocycles. The van der Waals surface area contributed by atoms with Gasteiger partial charge in [-0.2, -0.15) is 0 Å². The average Bonchev–Trinajstić information content (AvgIpc) is 2.73. The number of carbonyl (C=O) groups excluding carboxylic acids is 2. The summed E-state index contributed by atoms with van der Waals surface area (Å²) >= 11 is 0. The molecular formula is C23H30N4O2. The molecule has 0 unspecified atom stereocenters. The fourth-order valence-electron chi connectivity index (χ4n) is 3.57. The first-order valence-corrected chi connectivity index (χ1v) is 10.2. The molecule has 1 aliphatic rings. The van der Waals surface area contributed by atoms with Crippen LogP contribution in [-0.2, 0) is 0 Å². The summed E-state index contributed by atoms with van der Waals surface area (Å²) < 4.78 is 0. The molecule has 29 heavy (non-hydrogen) atoms. The molecule has 3 amide bonds. The smallest absolute Gasteiger partial charge is 0.321 e. The first-order valence-electron chi connectivity index (χ1n) is 10.2. The lowest BCUT2D eigenvalue weighted by atomic mass is 9.89. The van der Waals surface area contributed by atoms with Crippen molar-refractivity contribution in [1.29, 1.82) is 0 Å². The first kappa shape index (κ1) is 20.8. The molecule has 0 saturated carbocycles. The Kier molecular flexibility index (Phi) is 6.52. The molecule has 1 aliphatic heterocycles. The van der Waals surface area contributed by atoms with Gasteiger partial charge in [-0.1, -0.05) is 18.2 Å². The fraction of sp³-hybridized carbons (Fsp3) is 0.435. The number of anilines is 1. The summed E-state index contributed by atoms with van der Waals surface area (Å²) in [4.78, 5) is 33.8. The maximum atomic E-state index is 12.9. The van der Waals surface area contributed by atoms with Gasteiger partial charge in [0.05, 0.1) is 11.3 Å². The summed E-state index contributed by atoms with van der Waals surface area (Å²) in [7, 11) is 1.83. The molecule has 0 bridgehead atoms. The van der Waals surface area contributed by atoms with Gasteiger partial charge < -0.3 is 15.1 Å². The number of amides is 3. The summed E-state index contributed by atoms with van der Waals surface area (Å²) in [5, 5.41) is 2.94. The number of nitrogens with zero attached hydrogens (tertiary/aromatic N) is 3. The Morgan fingerprint density at radius 3 is 2.38 bits per heavy atom. The van der Waals surface area contributed by atoms with E-state index in [2.05, 4.69) is 5.32 Å². The number of para-hydroxylation sites is 1. The quantitative estimate of drug-likeness (QED) is 0.842. The van der Waals surface area contributed by atoms with Crippen molar-refractivity contribution >= 4 is 17.6 Å². The van der Waals surface area contributed by atoms with Crippen molar-refractivity contribution in [2.75, 3.05) is 25.5 Å². The highest BCUT2D eigenvalue weighted by molar-refractivity contribution is 5.95. The van der Waals surface area contributed by atoms with Crippen molar-refractivity contribution in [2.45, 2.75) is 45.6 Å². The number of benzene rings is 1. The van der Waals surface area contributed by atoms with E-state index in [1.54, 1.807) is 4.90 Å². The topological polar surface area (TPSA) is 65.5 Å². The van der Waals surface area contributed by atoms with Crippen LogP contribution in [0.4, 0.5) is 10.5 Å². The van der Waals surface area contributed by atoms with Gasteiger partial charge in [0.1, 0.15) is 0 Å². The van der Waals surface area contributed by atoms with Crippen molar-refractivity contribution in [3.63, 3.8) is 0 Å². The summed E-state index contributed by atoms with van der Waals surface area (Å²) in [5.74, 6) is 0.182. The zero-order chi connectivity index (χ0) is 21.0. The average molecular weight is 395 g/mol. The van der Waals surface area contributed by atoms with Crippen LogP contribution in [0.15, 0.2) is 42.5 Å². The molecule has 3 rings (SSSR count). The van der Waals surface area contributed by atoms with Crippen LogP contribution in [0.3, 0.4) is 0 Å². The zero-order valence-electron chi connectivity index (χ0n) is 17.7.